The third-order valence-corrected chi connectivity index (χ3v) is 5.49. The fourth-order valence-electron chi connectivity index (χ4n) is 1.84. The Kier molecular flexibility index (Phi) is 4.57. The minimum Gasteiger partial charge on any atom is -0.480 e. The largest absolute Gasteiger partial charge is 0.480 e. The fraction of sp³-hybridized carbons (Fsp3) is 0.818. The van der Waals surface area contributed by atoms with E-state index < -0.39 is 26.5 Å². The molecule has 1 heterocycles. The normalized spacial score (nSPS) is 18.4. The third-order valence-electron chi connectivity index (χ3n) is 3.46. The molecule has 1 saturated heterocycles. The zero-order chi connectivity index (χ0) is 14.8. The molecule has 1 rings (SSSR count). The van der Waals surface area contributed by atoms with E-state index in [9.17, 15) is 18.0 Å². The first-order valence-electron chi connectivity index (χ1n) is 5.99. The minimum atomic E-state index is -3.48. The van der Waals surface area contributed by atoms with Gasteiger partial charge in [0, 0.05) is 32.4 Å². The summed E-state index contributed by atoms with van der Waals surface area (Å²) in [6.45, 7) is 4.33. The molecule has 0 bridgehead atoms. The number of carbonyl (C=O) groups excluding carboxylic acids is 1. The van der Waals surface area contributed by atoms with Gasteiger partial charge < -0.3 is 10.0 Å². The zero-order valence-electron chi connectivity index (χ0n) is 11.4. The summed E-state index contributed by atoms with van der Waals surface area (Å²) >= 11 is 0. The molecule has 0 saturated carbocycles. The van der Waals surface area contributed by atoms with Crippen molar-refractivity contribution in [1.29, 1.82) is 0 Å². The second kappa shape index (κ2) is 5.46. The summed E-state index contributed by atoms with van der Waals surface area (Å²) in [5.41, 5.74) is 0. The molecule has 0 spiro atoms. The maximum atomic E-state index is 12.2. The average molecular weight is 292 g/mol. The van der Waals surface area contributed by atoms with E-state index in [0.29, 0.717) is 26.2 Å². The molecular weight excluding hydrogens is 272 g/mol. The van der Waals surface area contributed by atoms with E-state index in [1.165, 1.54) is 18.7 Å². The summed E-state index contributed by atoms with van der Waals surface area (Å²) in [6.07, 6.45) is 1.05. The maximum Gasteiger partial charge on any atom is 0.317 e. The number of aliphatic carboxylic acids is 1. The number of amides is 1. The first kappa shape index (κ1) is 15.9. The van der Waals surface area contributed by atoms with Crippen molar-refractivity contribution in [2.75, 3.05) is 39.0 Å². The number of carboxylic acid groups (broad SMARTS) is 1. The molecule has 0 aromatic rings. The van der Waals surface area contributed by atoms with Crippen LogP contribution in [0, 0.1) is 0 Å². The van der Waals surface area contributed by atoms with Gasteiger partial charge in [-0.2, -0.15) is 0 Å². The van der Waals surface area contributed by atoms with Crippen LogP contribution < -0.4 is 0 Å². The second-order valence-electron chi connectivity index (χ2n) is 5.24. The Hall–Kier alpha value is -1.15. The van der Waals surface area contributed by atoms with Crippen molar-refractivity contribution in [3.8, 4) is 0 Å². The molecule has 1 fully saturated rings. The first-order chi connectivity index (χ1) is 8.55. The van der Waals surface area contributed by atoms with Gasteiger partial charge in [-0.05, 0) is 13.8 Å². The lowest BCUT2D eigenvalue weighted by Gasteiger charge is -2.37. The Labute approximate surface area is 113 Å². The van der Waals surface area contributed by atoms with Crippen molar-refractivity contribution >= 4 is 21.7 Å². The molecule has 0 unspecified atom stereocenters. The van der Waals surface area contributed by atoms with Gasteiger partial charge in [0.15, 0.2) is 9.84 Å². The van der Waals surface area contributed by atoms with Gasteiger partial charge in [0.2, 0.25) is 5.91 Å². The number of carbonyl (C=O) groups is 2. The van der Waals surface area contributed by atoms with Crippen LogP contribution in [-0.4, -0.2) is 78.9 Å². The lowest BCUT2D eigenvalue weighted by Crippen LogP contribution is -2.56. The Bertz CT molecular complexity index is 463. The van der Waals surface area contributed by atoms with E-state index >= 15 is 0 Å². The summed E-state index contributed by atoms with van der Waals surface area (Å²) < 4.78 is 21.8. The molecule has 0 aromatic heterocycles. The van der Waals surface area contributed by atoms with Crippen LogP contribution in [-0.2, 0) is 19.4 Å². The molecule has 0 aliphatic carbocycles. The van der Waals surface area contributed by atoms with Crippen LogP contribution >= 0.6 is 0 Å². The van der Waals surface area contributed by atoms with Crippen LogP contribution in [0.5, 0.6) is 0 Å². The molecule has 1 N–H and O–H groups in total. The number of carboxylic acids is 1. The summed E-state index contributed by atoms with van der Waals surface area (Å²) in [4.78, 5) is 26.0. The highest BCUT2D eigenvalue weighted by atomic mass is 32.2. The number of hydrogen-bond donors (Lipinski definition) is 1. The number of rotatable bonds is 4. The van der Waals surface area contributed by atoms with E-state index in [4.69, 9.17) is 5.11 Å². The molecule has 1 aliphatic heterocycles. The molecule has 0 radical (unpaired) electrons. The van der Waals surface area contributed by atoms with Gasteiger partial charge in [-0.25, -0.2) is 8.42 Å². The Morgan fingerprint density at radius 3 is 2.00 bits per heavy atom. The van der Waals surface area contributed by atoms with E-state index in [0.717, 1.165) is 6.26 Å². The maximum absolute atomic E-state index is 12.2. The Balaban J connectivity index is 2.66. The molecule has 110 valence electrons. The smallest absolute Gasteiger partial charge is 0.317 e. The van der Waals surface area contributed by atoms with Crippen molar-refractivity contribution in [2.45, 2.75) is 18.6 Å². The topological polar surface area (TPSA) is 95.0 Å². The quantitative estimate of drug-likeness (QED) is 0.717. The molecule has 0 atom stereocenters. The summed E-state index contributed by atoms with van der Waals surface area (Å²) in [6, 6.07) is 0. The lowest BCUT2D eigenvalue weighted by atomic mass is 10.1. The SMILES string of the molecule is CC(C)(C(=O)N1CCN(CC(=O)O)CC1)S(C)(=O)=O. The monoisotopic (exact) mass is 292 g/mol. The van der Waals surface area contributed by atoms with Crippen LogP contribution in [0.25, 0.3) is 0 Å². The van der Waals surface area contributed by atoms with E-state index in [-0.39, 0.29) is 6.54 Å². The van der Waals surface area contributed by atoms with Crippen LogP contribution in [0.2, 0.25) is 0 Å². The van der Waals surface area contributed by atoms with Gasteiger partial charge in [0.25, 0.3) is 0 Å². The van der Waals surface area contributed by atoms with Gasteiger partial charge in [-0.1, -0.05) is 0 Å². The van der Waals surface area contributed by atoms with E-state index in [1.807, 2.05) is 0 Å². The highest BCUT2D eigenvalue weighted by Crippen LogP contribution is 2.19. The van der Waals surface area contributed by atoms with E-state index in [2.05, 4.69) is 0 Å². The molecule has 1 aliphatic rings. The molecule has 7 nitrogen and oxygen atoms in total. The molecule has 0 aromatic carbocycles. The molecule has 8 heteroatoms. The minimum absolute atomic E-state index is 0.0580. The first-order valence-corrected chi connectivity index (χ1v) is 7.88. The molecule has 1 amide bonds. The lowest BCUT2D eigenvalue weighted by molar-refractivity contribution is -0.139. The van der Waals surface area contributed by atoms with Crippen molar-refractivity contribution in [3.63, 3.8) is 0 Å². The van der Waals surface area contributed by atoms with E-state index in [1.54, 1.807) is 4.90 Å². The second-order valence-corrected chi connectivity index (χ2v) is 7.81. The van der Waals surface area contributed by atoms with Crippen molar-refractivity contribution in [3.05, 3.63) is 0 Å². The number of hydrogen-bond acceptors (Lipinski definition) is 5. The molecule has 19 heavy (non-hydrogen) atoms. The Morgan fingerprint density at radius 1 is 1.16 bits per heavy atom. The van der Waals surface area contributed by atoms with Gasteiger partial charge >= 0.3 is 5.97 Å². The predicted octanol–water partition coefficient (Wildman–Crippen LogP) is -0.962. The van der Waals surface area contributed by atoms with Gasteiger partial charge in [-0.3, -0.25) is 14.5 Å². The van der Waals surface area contributed by atoms with Crippen molar-refractivity contribution in [2.24, 2.45) is 0 Å². The highest BCUT2D eigenvalue weighted by molar-refractivity contribution is 7.92. The number of nitrogens with zero attached hydrogens (tertiary/aromatic N) is 2. The number of sulfone groups is 1. The highest BCUT2D eigenvalue weighted by Gasteiger charge is 2.41. The Morgan fingerprint density at radius 2 is 1.63 bits per heavy atom. The average Bonchev–Trinajstić information content (AvgIpc) is 2.26. The third kappa shape index (κ3) is 3.66. The van der Waals surface area contributed by atoms with Gasteiger partial charge in [0.05, 0.1) is 6.54 Å². The van der Waals surface area contributed by atoms with Crippen molar-refractivity contribution < 1.29 is 23.1 Å². The van der Waals surface area contributed by atoms with Crippen molar-refractivity contribution in [1.82, 2.24) is 9.80 Å². The summed E-state index contributed by atoms with van der Waals surface area (Å²) in [5, 5.41) is 8.68. The van der Waals surface area contributed by atoms with Gasteiger partial charge in [-0.15, -0.1) is 0 Å². The van der Waals surface area contributed by atoms with Crippen LogP contribution in [0.4, 0.5) is 0 Å². The zero-order valence-corrected chi connectivity index (χ0v) is 12.2. The van der Waals surface area contributed by atoms with Gasteiger partial charge in [0.1, 0.15) is 4.75 Å². The fourth-order valence-corrected chi connectivity index (χ4v) is 2.29. The van der Waals surface area contributed by atoms with Crippen LogP contribution in [0.3, 0.4) is 0 Å². The predicted molar refractivity (Wildman–Crippen MR) is 69.6 cm³/mol. The summed E-state index contributed by atoms with van der Waals surface area (Å²) in [5.74, 6) is -1.33. The van der Waals surface area contributed by atoms with Crippen LogP contribution in [0.15, 0.2) is 0 Å². The number of piperazine rings is 1. The molecular formula is C11H20N2O5S. The van der Waals surface area contributed by atoms with Crippen LogP contribution in [0.1, 0.15) is 13.8 Å². The summed E-state index contributed by atoms with van der Waals surface area (Å²) in [7, 11) is -3.48. The standard InChI is InChI=1S/C11H20N2O5S/c1-11(2,19(3,17)18)10(16)13-6-4-12(5-7-13)8-9(14)15/h4-8H2,1-3H3,(H,14,15).